The number of hydrogen-bond acceptors (Lipinski definition) is 3. The van der Waals surface area contributed by atoms with Crippen molar-refractivity contribution in [1.82, 2.24) is 0 Å². The summed E-state index contributed by atoms with van der Waals surface area (Å²) in [6.45, 7) is 2.25. The van der Waals surface area contributed by atoms with E-state index in [1.54, 1.807) is 0 Å². The van der Waals surface area contributed by atoms with E-state index in [2.05, 4.69) is 6.92 Å². The van der Waals surface area contributed by atoms with Gasteiger partial charge in [-0.1, -0.05) is 71.1 Å². The third-order valence-corrected chi connectivity index (χ3v) is 4.11. The van der Waals surface area contributed by atoms with Crippen molar-refractivity contribution in [3.8, 4) is 5.75 Å². The SMILES string of the molecule is CCCCCCCCCCCCCC(=O)O.O=C(O)c1ccc(O)cc1. The van der Waals surface area contributed by atoms with Gasteiger partial charge >= 0.3 is 11.9 Å². The molecule has 1 aromatic carbocycles. The number of hydrogen-bond donors (Lipinski definition) is 3. The predicted octanol–water partition coefficient (Wildman–Crippen LogP) is 5.86. The number of phenols is 1. The standard InChI is InChI=1S/C14H28O2.C7H6O3/c1-2-3-4-5-6-7-8-9-10-11-12-13-14(15)16;8-6-3-1-5(2-4-6)7(9)10/h2-13H2,1H3,(H,15,16);1-4,8H,(H,9,10). The molecule has 1 aromatic rings. The minimum absolute atomic E-state index is 0.0741. The number of aromatic hydroxyl groups is 1. The highest BCUT2D eigenvalue weighted by Crippen LogP contribution is 2.12. The van der Waals surface area contributed by atoms with Crippen LogP contribution in [0, 0.1) is 0 Å². The molecule has 5 heteroatoms. The summed E-state index contributed by atoms with van der Waals surface area (Å²) in [5.74, 6) is -1.57. The zero-order valence-electron chi connectivity index (χ0n) is 16.0. The summed E-state index contributed by atoms with van der Waals surface area (Å²) >= 11 is 0. The highest BCUT2D eigenvalue weighted by Gasteiger charge is 1.99. The van der Waals surface area contributed by atoms with Crippen LogP contribution in [-0.4, -0.2) is 27.3 Å². The molecule has 5 nitrogen and oxygen atoms in total. The van der Waals surface area contributed by atoms with Gasteiger partial charge in [0.1, 0.15) is 5.75 Å². The third kappa shape index (κ3) is 15.5. The Kier molecular flexibility index (Phi) is 15.1. The first-order chi connectivity index (χ1) is 12.5. The molecule has 0 heterocycles. The van der Waals surface area contributed by atoms with Gasteiger partial charge < -0.3 is 15.3 Å². The Morgan fingerprint density at radius 2 is 1.15 bits per heavy atom. The van der Waals surface area contributed by atoms with Gasteiger partial charge in [0, 0.05) is 6.42 Å². The van der Waals surface area contributed by atoms with E-state index in [4.69, 9.17) is 15.3 Å². The number of rotatable bonds is 13. The number of carboxylic acid groups (broad SMARTS) is 2. The number of carbonyl (C=O) groups is 2. The van der Waals surface area contributed by atoms with Crippen molar-refractivity contribution in [3.63, 3.8) is 0 Å². The first-order valence-electron chi connectivity index (χ1n) is 9.71. The summed E-state index contributed by atoms with van der Waals surface area (Å²) in [4.78, 5) is 20.5. The smallest absolute Gasteiger partial charge is 0.335 e. The normalized spacial score (nSPS) is 10.0. The number of aromatic carboxylic acids is 1. The fourth-order valence-corrected chi connectivity index (χ4v) is 2.54. The van der Waals surface area contributed by atoms with Crippen LogP contribution in [0.3, 0.4) is 0 Å². The first-order valence-corrected chi connectivity index (χ1v) is 9.71. The lowest BCUT2D eigenvalue weighted by atomic mass is 10.1. The van der Waals surface area contributed by atoms with Gasteiger partial charge in [-0.2, -0.15) is 0 Å². The van der Waals surface area contributed by atoms with E-state index in [9.17, 15) is 9.59 Å². The number of carboxylic acids is 2. The van der Waals surface area contributed by atoms with Gasteiger partial charge in [0.2, 0.25) is 0 Å². The molecule has 0 aliphatic carbocycles. The van der Waals surface area contributed by atoms with Crippen LogP contribution in [0.15, 0.2) is 24.3 Å². The molecule has 0 fully saturated rings. The van der Waals surface area contributed by atoms with E-state index >= 15 is 0 Å². The summed E-state index contributed by atoms with van der Waals surface area (Å²) in [5.41, 5.74) is 0.179. The molecule has 0 aromatic heterocycles. The fraction of sp³-hybridized carbons (Fsp3) is 0.619. The van der Waals surface area contributed by atoms with Crippen molar-refractivity contribution in [3.05, 3.63) is 29.8 Å². The Labute approximate surface area is 157 Å². The summed E-state index contributed by atoms with van der Waals surface area (Å²) < 4.78 is 0. The molecule has 0 amide bonds. The molecule has 0 atom stereocenters. The van der Waals surface area contributed by atoms with Gasteiger partial charge in [-0.3, -0.25) is 4.79 Å². The summed E-state index contributed by atoms with van der Waals surface area (Å²) in [5, 5.41) is 25.6. The van der Waals surface area contributed by atoms with Gasteiger partial charge in [0.25, 0.3) is 0 Å². The lowest BCUT2D eigenvalue weighted by Crippen LogP contribution is -1.93. The van der Waals surface area contributed by atoms with E-state index in [0.717, 1.165) is 12.8 Å². The molecule has 0 spiro atoms. The molecule has 0 saturated heterocycles. The second-order valence-electron chi connectivity index (χ2n) is 6.53. The second-order valence-corrected chi connectivity index (χ2v) is 6.53. The van der Waals surface area contributed by atoms with Gasteiger partial charge in [-0.15, -0.1) is 0 Å². The number of benzene rings is 1. The van der Waals surface area contributed by atoms with Crippen LogP contribution in [-0.2, 0) is 4.79 Å². The molecule has 0 saturated carbocycles. The Balaban J connectivity index is 0.000000531. The minimum Gasteiger partial charge on any atom is -0.508 e. The van der Waals surface area contributed by atoms with Gasteiger partial charge in [-0.05, 0) is 30.7 Å². The highest BCUT2D eigenvalue weighted by atomic mass is 16.4. The van der Waals surface area contributed by atoms with Gasteiger partial charge in [-0.25, -0.2) is 4.79 Å². The van der Waals surface area contributed by atoms with Gasteiger partial charge in [0.15, 0.2) is 0 Å². The van der Waals surface area contributed by atoms with Crippen molar-refractivity contribution >= 4 is 11.9 Å². The van der Waals surface area contributed by atoms with Crippen molar-refractivity contribution in [2.75, 3.05) is 0 Å². The zero-order valence-corrected chi connectivity index (χ0v) is 16.0. The van der Waals surface area contributed by atoms with Crippen LogP contribution in [0.1, 0.15) is 94.3 Å². The van der Waals surface area contributed by atoms with E-state index < -0.39 is 11.9 Å². The topological polar surface area (TPSA) is 94.8 Å². The molecule has 0 bridgehead atoms. The van der Waals surface area contributed by atoms with Crippen molar-refractivity contribution in [1.29, 1.82) is 0 Å². The summed E-state index contributed by atoms with van der Waals surface area (Å²) in [7, 11) is 0. The molecule has 0 unspecified atom stereocenters. The molecular weight excluding hydrogens is 332 g/mol. The molecular formula is C21H34O5. The lowest BCUT2D eigenvalue weighted by Gasteiger charge is -2.01. The van der Waals surface area contributed by atoms with Crippen molar-refractivity contribution in [2.24, 2.45) is 0 Å². The van der Waals surface area contributed by atoms with Crippen LogP contribution in [0.2, 0.25) is 0 Å². The second kappa shape index (κ2) is 16.4. The van der Waals surface area contributed by atoms with E-state index in [0.29, 0.717) is 6.42 Å². The van der Waals surface area contributed by atoms with E-state index in [1.807, 2.05) is 0 Å². The molecule has 3 N–H and O–H groups in total. The maximum atomic E-state index is 10.3. The monoisotopic (exact) mass is 366 g/mol. The maximum Gasteiger partial charge on any atom is 0.335 e. The quantitative estimate of drug-likeness (QED) is 0.380. The fourth-order valence-electron chi connectivity index (χ4n) is 2.54. The largest absolute Gasteiger partial charge is 0.508 e. The molecule has 0 aliphatic rings. The zero-order chi connectivity index (χ0) is 19.6. The Hall–Kier alpha value is -2.04. The molecule has 0 radical (unpaired) electrons. The average Bonchev–Trinajstić information content (AvgIpc) is 2.60. The molecule has 0 aliphatic heterocycles. The average molecular weight is 366 g/mol. The predicted molar refractivity (Wildman–Crippen MR) is 104 cm³/mol. The Bertz CT molecular complexity index is 482. The summed E-state index contributed by atoms with van der Waals surface area (Å²) in [6, 6.07) is 5.36. The lowest BCUT2D eigenvalue weighted by molar-refractivity contribution is -0.137. The van der Waals surface area contributed by atoms with E-state index in [-0.39, 0.29) is 11.3 Å². The third-order valence-electron chi connectivity index (χ3n) is 4.11. The Morgan fingerprint density at radius 1 is 0.731 bits per heavy atom. The van der Waals surface area contributed by atoms with Crippen molar-refractivity contribution in [2.45, 2.75) is 84.0 Å². The molecule has 1 rings (SSSR count). The van der Waals surface area contributed by atoms with E-state index in [1.165, 1.54) is 82.1 Å². The van der Waals surface area contributed by atoms with Crippen molar-refractivity contribution < 1.29 is 24.9 Å². The Morgan fingerprint density at radius 3 is 1.54 bits per heavy atom. The van der Waals surface area contributed by atoms with Gasteiger partial charge in [0.05, 0.1) is 5.56 Å². The highest BCUT2D eigenvalue weighted by molar-refractivity contribution is 5.87. The number of unbranched alkanes of at least 4 members (excludes halogenated alkanes) is 10. The maximum absolute atomic E-state index is 10.3. The minimum atomic E-state index is -0.986. The van der Waals surface area contributed by atoms with Crippen LogP contribution in [0.25, 0.3) is 0 Å². The van der Waals surface area contributed by atoms with Crippen LogP contribution in [0.4, 0.5) is 0 Å². The summed E-state index contributed by atoms with van der Waals surface area (Å²) in [6.07, 6.45) is 14.4. The van der Waals surface area contributed by atoms with Crippen LogP contribution >= 0.6 is 0 Å². The van der Waals surface area contributed by atoms with Crippen LogP contribution < -0.4 is 0 Å². The number of phenolic OH excluding ortho intramolecular Hbond substituents is 1. The molecule has 26 heavy (non-hydrogen) atoms. The first kappa shape index (κ1) is 24.0. The number of aliphatic carboxylic acids is 1. The van der Waals surface area contributed by atoms with Crippen LogP contribution in [0.5, 0.6) is 5.75 Å². The molecule has 148 valence electrons.